The third-order valence-electron chi connectivity index (χ3n) is 3.49. The molecule has 116 valence electrons. The molecule has 1 fully saturated rings. The summed E-state index contributed by atoms with van der Waals surface area (Å²) >= 11 is 0. The third kappa shape index (κ3) is 4.36. The van der Waals surface area contributed by atoms with Gasteiger partial charge in [-0.15, -0.1) is 0 Å². The van der Waals surface area contributed by atoms with E-state index in [1.807, 2.05) is 12.2 Å². The SMILES string of the molecule is CCCC1(C(=O)O)CCN(C(=O)CNCC(F)(F)F)C1. The van der Waals surface area contributed by atoms with Crippen LogP contribution in [-0.2, 0) is 9.59 Å². The quantitative estimate of drug-likeness (QED) is 0.774. The number of carbonyl (C=O) groups is 2. The highest BCUT2D eigenvalue weighted by Crippen LogP contribution is 2.35. The van der Waals surface area contributed by atoms with E-state index < -0.39 is 36.6 Å². The zero-order valence-corrected chi connectivity index (χ0v) is 11.3. The summed E-state index contributed by atoms with van der Waals surface area (Å²) in [6.45, 7) is 0.550. The van der Waals surface area contributed by atoms with Crippen molar-refractivity contribution in [2.24, 2.45) is 5.41 Å². The number of nitrogens with one attached hydrogen (secondary N) is 1. The van der Waals surface area contributed by atoms with Gasteiger partial charge in [0.25, 0.3) is 0 Å². The van der Waals surface area contributed by atoms with E-state index in [0.29, 0.717) is 19.3 Å². The van der Waals surface area contributed by atoms with Gasteiger partial charge in [0.05, 0.1) is 18.5 Å². The molecule has 1 aliphatic rings. The molecule has 5 nitrogen and oxygen atoms in total. The first-order chi connectivity index (χ1) is 9.20. The van der Waals surface area contributed by atoms with E-state index in [9.17, 15) is 27.9 Å². The molecule has 1 amide bonds. The Morgan fingerprint density at radius 2 is 2.05 bits per heavy atom. The van der Waals surface area contributed by atoms with Gasteiger partial charge in [-0.3, -0.25) is 9.59 Å². The third-order valence-corrected chi connectivity index (χ3v) is 3.49. The van der Waals surface area contributed by atoms with E-state index in [4.69, 9.17) is 0 Å². The number of hydrogen-bond acceptors (Lipinski definition) is 3. The molecule has 8 heteroatoms. The lowest BCUT2D eigenvalue weighted by molar-refractivity contribution is -0.149. The van der Waals surface area contributed by atoms with E-state index in [1.54, 1.807) is 0 Å². The Kier molecular flexibility index (Phi) is 5.38. The Balaban J connectivity index is 2.50. The molecule has 1 atom stereocenters. The fourth-order valence-electron chi connectivity index (χ4n) is 2.47. The van der Waals surface area contributed by atoms with Gasteiger partial charge in [0, 0.05) is 13.1 Å². The molecule has 1 heterocycles. The second-order valence-corrected chi connectivity index (χ2v) is 5.12. The Labute approximate surface area is 115 Å². The predicted molar refractivity (Wildman–Crippen MR) is 65.1 cm³/mol. The van der Waals surface area contributed by atoms with Crippen molar-refractivity contribution in [3.63, 3.8) is 0 Å². The van der Waals surface area contributed by atoms with Crippen LogP contribution in [0.2, 0.25) is 0 Å². The molecule has 1 aliphatic heterocycles. The van der Waals surface area contributed by atoms with Crippen LogP contribution < -0.4 is 5.32 Å². The highest BCUT2D eigenvalue weighted by molar-refractivity contribution is 5.81. The van der Waals surface area contributed by atoms with Crippen LogP contribution in [0.5, 0.6) is 0 Å². The summed E-state index contributed by atoms with van der Waals surface area (Å²) in [4.78, 5) is 24.4. The van der Waals surface area contributed by atoms with Crippen molar-refractivity contribution in [1.82, 2.24) is 10.2 Å². The van der Waals surface area contributed by atoms with Crippen LogP contribution in [0, 0.1) is 5.41 Å². The number of amides is 1. The first kappa shape index (κ1) is 16.7. The number of rotatable bonds is 6. The molecule has 1 rings (SSSR count). The standard InChI is InChI=1S/C12H19F3N2O3/c1-2-3-11(10(19)20)4-5-17(8-11)9(18)6-16-7-12(13,14)15/h16H,2-8H2,1H3,(H,19,20). The molecule has 20 heavy (non-hydrogen) atoms. The Morgan fingerprint density at radius 1 is 1.40 bits per heavy atom. The molecule has 1 saturated heterocycles. The number of likely N-dealkylation sites (tertiary alicyclic amines) is 1. The maximum atomic E-state index is 11.9. The van der Waals surface area contributed by atoms with E-state index in [2.05, 4.69) is 0 Å². The number of halogens is 3. The van der Waals surface area contributed by atoms with Crippen molar-refractivity contribution >= 4 is 11.9 Å². The average molecular weight is 296 g/mol. The first-order valence-electron chi connectivity index (χ1n) is 6.49. The van der Waals surface area contributed by atoms with Gasteiger partial charge in [0.2, 0.25) is 5.91 Å². The average Bonchev–Trinajstić information content (AvgIpc) is 2.73. The lowest BCUT2D eigenvalue weighted by Gasteiger charge is -2.24. The Morgan fingerprint density at radius 3 is 2.55 bits per heavy atom. The minimum absolute atomic E-state index is 0.0721. The van der Waals surface area contributed by atoms with E-state index >= 15 is 0 Å². The first-order valence-corrected chi connectivity index (χ1v) is 6.49. The van der Waals surface area contributed by atoms with E-state index in [0.717, 1.165) is 0 Å². The normalized spacial score (nSPS) is 23.1. The number of hydrogen-bond donors (Lipinski definition) is 2. The molecule has 0 saturated carbocycles. The molecule has 0 bridgehead atoms. The monoisotopic (exact) mass is 296 g/mol. The minimum Gasteiger partial charge on any atom is -0.481 e. The molecule has 1 unspecified atom stereocenters. The molecule has 0 spiro atoms. The largest absolute Gasteiger partial charge is 0.481 e. The summed E-state index contributed by atoms with van der Waals surface area (Å²) in [5.74, 6) is -1.44. The van der Waals surface area contributed by atoms with Crippen LogP contribution in [0.4, 0.5) is 13.2 Å². The molecule has 0 aliphatic carbocycles. The van der Waals surface area contributed by atoms with Gasteiger partial charge in [0.15, 0.2) is 0 Å². The summed E-state index contributed by atoms with van der Waals surface area (Å²) in [5.41, 5.74) is -0.950. The number of alkyl halides is 3. The summed E-state index contributed by atoms with van der Waals surface area (Å²) in [6, 6.07) is 0. The smallest absolute Gasteiger partial charge is 0.401 e. The number of aliphatic carboxylic acids is 1. The van der Waals surface area contributed by atoms with Crippen LogP contribution in [0.3, 0.4) is 0 Å². The van der Waals surface area contributed by atoms with Crippen LogP contribution in [-0.4, -0.2) is 54.2 Å². The zero-order chi connectivity index (χ0) is 15.4. The van der Waals surface area contributed by atoms with Crippen molar-refractivity contribution < 1.29 is 27.9 Å². The maximum absolute atomic E-state index is 11.9. The Hall–Kier alpha value is -1.31. The fourth-order valence-corrected chi connectivity index (χ4v) is 2.47. The fraction of sp³-hybridized carbons (Fsp3) is 0.833. The van der Waals surface area contributed by atoms with Crippen LogP contribution >= 0.6 is 0 Å². The Bertz CT molecular complexity index is 373. The maximum Gasteiger partial charge on any atom is 0.401 e. The van der Waals surface area contributed by atoms with Gasteiger partial charge in [-0.2, -0.15) is 13.2 Å². The minimum atomic E-state index is -4.36. The molecular formula is C12H19F3N2O3. The number of carbonyl (C=O) groups excluding carboxylic acids is 1. The summed E-state index contributed by atoms with van der Waals surface area (Å²) in [5, 5.41) is 11.3. The van der Waals surface area contributed by atoms with Crippen molar-refractivity contribution in [3.05, 3.63) is 0 Å². The molecule has 2 N–H and O–H groups in total. The lowest BCUT2D eigenvalue weighted by atomic mass is 9.83. The van der Waals surface area contributed by atoms with Gasteiger partial charge < -0.3 is 15.3 Å². The second-order valence-electron chi connectivity index (χ2n) is 5.12. The van der Waals surface area contributed by atoms with Gasteiger partial charge >= 0.3 is 12.1 Å². The van der Waals surface area contributed by atoms with Gasteiger partial charge in [0.1, 0.15) is 0 Å². The van der Waals surface area contributed by atoms with Crippen LogP contribution in [0.1, 0.15) is 26.2 Å². The molecule has 0 aromatic heterocycles. The van der Waals surface area contributed by atoms with Crippen molar-refractivity contribution in [3.8, 4) is 0 Å². The summed E-state index contributed by atoms with van der Waals surface area (Å²) in [7, 11) is 0. The molecule has 0 aromatic carbocycles. The molecule has 0 radical (unpaired) electrons. The topological polar surface area (TPSA) is 69.6 Å². The molecular weight excluding hydrogens is 277 g/mol. The van der Waals surface area contributed by atoms with Gasteiger partial charge in [-0.25, -0.2) is 0 Å². The highest BCUT2D eigenvalue weighted by atomic mass is 19.4. The van der Waals surface area contributed by atoms with Crippen molar-refractivity contribution in [2.75, 3.05) is 26.2 Å². The van der Waals surface area contributed by atoms with Crippen LogP contribution in [0.25, 0.3) is 0 Å². The van der Waals surface area contributed by atoms with Gasteiger partial charge in [-0.05, 0) is 12.8 Å². The lowest BCUT2D eigenvalue weighted by Crippen LogP contribution is -2.42. The zero-order valence-electron chi connectivity index (χ0n) is 11.3. The van der Waals surface area contributed by atoms with Crippen LogP contribution in [0.15, 0.2) is 0 Å². The van der Waals surface area contributed by atoms with Crippen molar-refractivity contribution in [2.45, 2.75) is 32.4 Å². The number of carboxylic acids is 1. The second kappa shape index (κ2) is 6.43. The number of nitrogens with zero attached hydrogens (tertiary/aromatic N) is 1. The highest BCUT2D eigenvalue weighted by Gasteiger charge is 2.45. The van der Waals surface area contributed by atoms with Crippen molar-refractivity contribution in [1.29, 1.82) is 0 Å². The van der Waals surface area contributed by atoms with E-state index in [1.165, 1.54) is 4.90 Å². The molecule has 0 aromatic rings. The number of carboxylic acid groups (broad SMARTS) is 1. The summed E-state index contributed by atoms with van der Waals surface area (Å²) < 4.78 is 35.8. The predicted octanol–water partition coefficient (Wildman–Crippen LogP) is 1.24. The van der Waals surface area contributed by atoms with Gasteiger partial charge in [-0.1, -0.05) is 13.3 Å². The van der Waals surface area contributed by atoms with E-state index in [-0.39, 0.29) is 13.1 Å². The summed E-state index contributed by atoms with van der Waals surface area (Å²) in [6.07, 6.45) is -2.87.